The third kappa shape index (κ3) is 5.09. The number of pyridine rings is 1. The summed E-state index contributed by atoms with van der Waals surface area (Å²) in [5.74, 6) is -0.461. The lowest BCUT2D eigenvalue weighted by Gasteiger charge is -2.16. The van der Waals surface area contributed by atoms with Gasteiger partial charge in [0.25, 0.3) is 5.91 Å². The van der Waals surface area contributed by atoms with Crippen LogP contribution in [0, 0.1) is 12.7 Å². The monoisotopic (exact) mass is 351 g/mol. The summed E-state index contributed by atoms with van der Waals surface area (Å²) in [5, 5.41) is 6.11. The van der Waals surface area contributed by atoms with Crippen LogP contribution < -0.4 is 15.4 Å². The largest absolute Gasteiger partial charge is 0.479 e. The number of aromatic nitrogens is 1. The molecule has 1 aromatic carbocycles. The van der Waals surface area contributed by atoms with Crippen molar-refractivity contribution in [2.45, 2.75) is 20.0 Å². The quantitative estimate of drug-likeness (QED) is 0.752. The van der Waals surface area contributed by atoms with Crippen molar-refractivity contribution in [1.29, 1.82) is 0 Å². The molecule has 2 aromatic rings. The maximum atomic E-state index is 13.0. The van der Waals surface area contributed by atoms with Gasteiger partial charge in [0.2, 0.25) is 0 Å². The van der Waals surface area contributed by atoms with Gasteiger partial charge in [-0.1, -0.05) is 11.6 Å². The van der Waals surface area contributed by atoms with Crippen molar-refractivity contribution >= 4 is 23.2 Å². The van der Waals surface area contributed by atoms with Crippen LogP contribution in [0.2, 0.25) is 5.02 Å². The van der Waals surface area contributed by atoms with E-state index < -0.39 is 11.9 Å². The van der Waals surface area contributed by atoms with Crippen molar-refractivity contribution in [3.8, 4) is 5.75 Å². The number of carbonyl (C=O) groups is 1. The lowest BCUT2D eigenvalue weighted by Crippen LogP contribution is -2.38. The summed E-state index contributed by atoms with van der Waals surface area (Å²) in [6.45, 7) is 4.57. The molecule has 2 N–H and O–H groups in total. The Kier molecular flexibility index (Phi) is 6.37. The molecule has 0 radical (unpaired) electrons. The van der Waals surface area contributed by atoms with Gasteiger partial charge in [-0.05, 0) is 43.7 Å². The number of ether oxygens (including phenoxy) is 1. The Morgan fingerprint density at radius 1 is 1.38 bits per heavy atom. The van der Waals surface area contributed by atoms with E-state index in [1.807, 2.05) is 13.0 Å². The molecule has 1 heterocycles. The number of amides is 1. The van der Waals surface area contributed by atoms with Gasteiger partial charge in [0.05, 0.1) is 5.02 Å². The Balaban J connectivity index is 1.76. The highest BCUT2D eigenvalue weighted by atomic mass is 35.5. The molecule has 2 rings (SSSR count). The topological polar surface area (TPSA) is 63.2 Å². The Morgan fingerprint density at radius 2 is 2.17 bits per heavy atom. The minimum absolute atomic E-state index is 0.129. The standard InChI is InChI=1S/C17H19ClFN3O2/c1-11-10-20-6-5-15(11)21-7-8-22-17(23)12(2)24-16-4-3-13(19)9-14(16)18/h3-6,9-10,12H,7-8H2,1-2H3,(H,20,21)(H,22,23). The van der Waals surface area contributed by atoms with Crippen LogP contribution in [0.15, 0.2) is 36.7 Å². The molecular weight excluding hydrogens is 333 g/mol. The van der Waals surface area contributed by atoms with E-state index in [1.165, 1.54) is 12.1 Å². The number of nitrogens with zero attached hydrogens (tertiary/aromatic N) is 1. The molecule has 0 aliphatic carbocycles. The van der Waals surface area contributed by atoms with Crippen LogP contribution in [0.5, 0.6) is 5.75 Å². The van der Waals surface area contributed by atoms with E-state index in [-0.39, 0.29) is 16.7 Å². The highest BCUT2D eigenvalue weighted by molar-refractivity contribution is 6.32. The number of benzene rings is 1. The fourth-order valence-corrected chi connectivity index (χ4v) is 2.22. The molecule has 128 valence electrons. The van der Waals surface area contributed by atoms with Gasteiger partial charge in [-0.25, -0.2) is 4.39 Å². The second-order valence-corrected chi connectivity index (χ2v) is 5.65. The number of hydrogen-bond donors (Lipinski definition) is 2. The van der Waals surface area contributed by atoms with Crippen LogP contribution in [0.3, 0.4) is 0 Å². The van der Waals surface area contributed by atoms with Crippen molar-refractivity contribution in [2.24, 2.45) is 0 Å². The molecule has 0 saturated heterocycles. The van der Waals surface area contributed by atoms with E-state index in [0.29, 0.717) is 13.1 Å². The SMILES string of the molecule is Cc1cnccc1NCCNC(=O)C(C)Oc1ccc(F)cc1Cl. The minimum Gasteiger partial charge on any atom is -0.479 e. The summed E-state index contributed by atoms with van der Waals surface area (Å²) in [6.07, 6.45) is 2.73. The Morgan fingerprint density at radius 3 is 2.88 bits per heavy atom. The predicted octanol–water partition coefficient (Wildman–Crippen LogP) is 3.18. The molecule has 0 fully saturated rings. The van der Waals surface area contributed by atoms with Crippen molar-refractivity contribution in [2.75, 3.05) is 18.4 Å². The summed E-state index contributed by atoms with van der Waals surface area (Å²) < 4.78 is 18.4. The molecule has 7 heteroatoms. The number of halogens is 2. The Hall–Kier alpha value is -2.34. The summed E-state index contributed by atoms with van der Waals surface area (Å²) >= 11 is 5.88. The van der Waals surface area contributed by atoms with E-state index >= 15 is 0 Å². The van der Waals surface area contributed by atoms with Crippen molar-refractivity contribution in [3.05, 3.63) is 53.1 Å². The van der Waals surface area contributed by atoms with Crippen molar-refractivity contribution in [1.82, 2.24) is 10.3 Å². The molecule has 1 aromatic heterocycles. The van der Waals surface area contributed by atoms with Crippen LogP contribution in [0.25, 0.3) is 0 Å². The van der Waals surface area contributed by atoms with Crippen LogP contribution in [0.1, 0.15) is 12.5 Å². The predicted molar refractivity (Wildman–Crippen MR) is 92.0 cm³/mol. The smallest absolute Gasteiger partial charge is 0.260 e. The fraction of sp³-hybridized carbons (Fsp3) is 0.294. The minimum atomic E-state index is -0.740. The second kappa shape index (κ2) is 8.49. The Labute approximate surface area is 145 Å². The second-order valence-electron chi connectivity index (χ2n) is 5.24. The van der Waals surface area contributed by atoms with Gasteiger partial charge in [-0.15, -0.1) is 0 Å². The lowest BCUT2D eigenvalue weighted by molar-refractivity contribution is -0.127. The molecule has 24 heavy (non-hydrogen) atoms. The number of carbonyl (C=O) groups excluding carboxylic acids is 1. The summed E-state index contributed by atoms with van der Waals surface area (Å²) in [7, 11) is 0. The van der Waals surface area contributed by atoms with E-state index in [2.05, 4.69) is 15.6 Å². The summed E-state index contributed by atoms with van der Waals surface area (Å²) in [6, 6.07) is 5.64. The highest BCUT2D eigenvalue weighted by Crippen LogP contribution is 2.25. The van der Waals surface area contributed by atoms with E-state index in [0.717, 1.165) is 17.3 Å². The fourth-order valence-electron chi connectivity index (χ4n) is 2.01. The number of hydrogen-bond acceptors (Lipinski definition) is 4. The van der Waals surface area contributed by atoms with E-state index in [9.17, 15) is 9.18 Å². The highest BCUT2D eigenvalue weighted by Gasteiger charge is 2.15. The molecule has 0 spiro atoms. The molecule has 5 nitrogen and oxygen atoms in total. The summed E-state index contributed by atoms with van der Waals surface area (Å²) in [4.78, 5) is 16.0. The van der Waals surface area contributed by atoms with Gasteiger partial charge in [-0.3, -0.25) is 9.78 Å². The van der Waals surface area contributed by atoms with E-state index in [4.69, 9.17) is 16.3 Å². The zero-order chi connectivity index (χ0) is 17.5. The number of anilines is 1. The maximum absolute atomic E-state index is 13.0. The molecule has 1 unspecified atom stereocenters. The summed E-state index contributed by atoms with van der Waals surface area (Å²) in [5.41, 5.74) is 2.01. The molecule has 0 saturated carbocycles. The van der Waals surface area contributed by atoms with Crippen molar-refractivity contribution < 1.29 is 13.9 Å². The number of rotatable bonds is 7. The van der Waals surface area contributed by atoms with Gasteiger partial charge in [0, 0.05) is 31.2 Å². The number of aryl methyl sites for hydroxylation is 1. The first-order chi connectivity index (χ1) is 11.5. The molecule has 0 bridgehead atoms. The zero-order valence-corrected chi connectivity index (χ0v) is 14.2. The zero-order valence-electron chi connectivity index (χ0n) is 13.5. The number of nitrogens with one attached hydrogen (secondary N) is 2. The van der Waals surface area contributed by atoms with Gasteiger partial charge in [0.15, 0.2) is 6.10 Å². The first-order valence-corrected chi connectivity index (χ1v) is 7.89. The van der Waals surface area contributed by atoms with Crippen LogP contribution >= 0.6 is 11.6 Å². The van der Waals surface area contributed by atoms with Crippen molar-refractivity contribution in [3.63, 3.8) is 0 Å². The molecule has 0 aliphatic rings. The van der Waals surface area contributed by atoms with Gasteiger partial charge in [0.1, 0.15) is 11.6 Å². The molecule has 0 aliphatic heterocycles. The lowest BCUT2D eigenvalue weighted by atomic mass is 10.2. The van der Waals surface area contributed by atoms with Crippen LogP contribution in [0.4, 0.5) is 10.1 Å². The first-order valence-electron chi connectivity index (χ1n) is 7.51. The average molecular weight is 352 g/mol. The average Bonchev–Trinajstić information content (AvgIpc) is 2.55. The van der Waals surface area contributed by atoms with Crippen LogP contribution in [-0.4, -0.2) is 30.1 Å². The molecular formula is C17H19ClFN3O2. The van der Waals surface area contributed by atoms with Gasteiger partial charge < -0.3 is 15.4 Å². The third-order valence-electron chi connectivity index (χ3n) is 3.33. The van der Waals surface area contributed by atoms with Gasteiger partial charge in [-0.2, -0.15) is 0 Å². The first kappa shape index (κ1) is 18.0. The van der Waals surface area contributed by atoms with Crippen LogP contribution in [-0.2, 0) is 4.79 Å². The molecule has 1 atom stereocenters. The Bertz CT molecular complexity index is 712. The molecule has 1 amide bonds. The third-order valence-corrected chi connectivity index (χ3v) is 3.62. The normalized spacial score (nSPS) is 11.7. The van der Waals surface area contributed by atoms with Gasteiger partial charge >= 0.3 is 0 Å². The maximum Gasteiger partial charge on any atom is 0.260 e. The van der Waals surface area contributed by atoms with E-state index in [1.54, 1.807) is 19.3 Å².